The first-order valence-electron chi connectivity index (χ1n) is 7.91. The number of unbranched alkanes of at least 4 members (excludes halogenated alkanes) is 7. The summed E-state index contributed by atoms with van der Waals surface area (Å²) >= 11 is 5.80. The van der Waals surface area contributed by atoms with E-state index in [0.717, 1.165) is 19.3 Å². The third kappa shape index (κ3) is 5.30. The number of hydrogen-bond acceptors (Lipinski definition) is 1. The van der Waals surface area contributed by atoms with E-state index in [4.69, 9.17) is 11.6 Å². The van der Waals surface area contributed by atoms with E-state index in [1.165, 1.54) is 64.2 Å². The highest BCUT2D eigenvalue weighted by Crippen LogP contribution is 2.44. The predicted octanol–water partition coefficient (Wildman–Crippen LogP) is 5.84. The molecule has 1 aliphatic rings. The van der Waals surface area contributed by atoms with Gasteiger partial charge in [-0.25, -0.2) is 0 Å². The third-order valence-electron chi connectivity index (χ3n) is 4.49. The highest BCUT2D eigenvalue weighted by molar-refractivity contribution is 6.64. The van der Waals surface area contributed by atoms with E-state index in [-0.39, 0.29) is 10.7 Å². The summed E-state index contributed by atoms with van der Waals surface area (Å²) in [6, 6.07) is 0. The van der Waals surface area contributed by atoms with Crippen LogP contribution in [0.1, 0.15) is 90.4 Å². The smallest absolute Gasteiger partial charge is 0.227 e. The van der Waals surface area contributed by atoms with E-state index in [9.17, 15) is 4.79 Å². The predicted molar refractivity (Wildman–Crippen MR) is 79.0 cm³/mol. The van der Waals surface area contributed by atoms with Crippen LogP contribution in [0.2, 0.25) is 0 Å². The number of carbonyl (C=O) groups is 1. The molecule has 1 fully saturated rings. The Labute approximate surface area is 118 Å². The van der Waals surface area contributed by atoms with Crippen molar-refractivity contribution in [2.75, 3.05) is 0 Å². The van der Waals surface area contributed by atoms with Gasteiger partial charge >= 0.3 is 0 Å². The summed E-state index contributed by atoms with van der Waals surface area (Å²) in [6.45, 7) is 2.25. The van der Waals surface area contributed by atoms with Crippen molar-refractivity contribution < 1.29 is 4.79 Å². The molecule has 0 amide bonds. The first-order chi connectivity index (χ1) is 8.71. The topological polar surface area (TPSA) is 17.1 Å². The normalized spacial score (nSPS) is 18.1. The van der Waals surface area contributed by atoms with Crippen LogP contribution in [-0.4, -0.2) is 5.24 Å². The minimum absolute atomic E-state index is 0.0667. The van der Waals surface area contributed by atoms with E-state index in [1.54, 1.807) is 0 Å². The lowest BCUT2D eigenvalue weighted by Crippen LogP contribution is -2.23. The molecular weight excluding hydrogens is 244 g/mol. The summed E-state index contributed by atoms with van der Waals surface area (Å²) in [5.41, 5.74) is -0.135. The van der Waals surface area contributed by atoms with Gasteiger partial charge < -0.3 is 0 Å². The molecule has 0 unspecified atom stereocenters. The summed E-state index contributed by atoms with van der Waals surface area (Å²) in [5, 5.41) is -0.0667. The van der Waals surface area contributed by atoms with Crippen LogP contribution in [0.3, 0.4) is 0 Å². The fraction of sp³-hybridized carbons (Fsp3) is 0.938. The maximum atomic E-state index is 11.6. The Morgan fingerprint density at radius 3 is 1.94 bits per heavy atom. The molecule has 1 rings (SSSR count). The lowest BCUT2D eigenvalue weighted by Gasteiger charge is -2.24. The lowest BCUT2D eigenvalue weighted by atomic mass is 9.82. The number of carbonyl (C=O) groups excluding carboxylic acids is 1. The quantitative estimate of drug-likeness (QED) is 0.360. The van der Waals surface area contributed by atoms with Crippen LogP contribution >= 0.6 is 11.6 Å². The second-order valence-electron chi connectivity index (χ2n) is 5.99. The largest absolute Gasteiger partial charge is 0.281 e. The molecule has 0 aromatic carbocycles. The highest BCUT2D eigenvalue weighted by Gasteiger charge is 2.39. The average Bonchev–Trinajstić information content (AvgIpc) is 2.83. The zero-order chi connectivity index (χ0) is 13.3. The van der Waals surface area contributed by atoms with Gasteiger partial charge in [0, 0.05) is 5.41 Å². The molecule has 1 saturated carbocycles. The summed E-state index contributed by atoms with van der Waals surface area (Å²) < 4.78 is 0. The molecule has 0 bridgehead atoms. The molecule has 0 spiro atoms. The van der Waals surface area contributed by atoms with Gasteiger partial charge in [-0.05, 0) is 30.9 Å². The zero-order valence-corrected chi connectivity index (χ0v) is 12.7. The Kier molecular flexibility index (Phi) is 7.97. The molecule has 0 aromatic heterocycles. The van der Waals surface area contributed by atoms with Gasteiger partial charge in [-0.2, -0.15) is 0 Å². The van der Waals surface area contributed by atoms with E-state index in [2.05, 4.69) is 6.92 Å². The van der Waals surface area contributed by atoms with Gasteiger partial charge in [0.25, 0.3) is 0 Å². The second-order valence-corrected chi connectivity index (χ2v) is 6.33. The molecule has 1 nitrogen and oxygen atoms in total. The van der Waals surface area contributed by atoms with Crippen LogP contribution in [0, 0.1) is 5.41 Å². The van der Waals surface area contributed by atoms with Crippen molar-refractivity contribution in [3.05, 3.63) is 0 Å². The minimum Gasteiger partial charge on any atom is -0.281 e. The third-order valence-corrected chi connectivity index (χ3v) is 4.89. The van der Waals surface area contributed by atoms with Crippen LogP contribution in [-0.2, 0) is 4.79 Å². The SMILES string of the molecule is CCCCCCCCCCC1(C(=O)Cl)CCCC1. The number of halogens is 1. The first-order valence-corrected chi connectivity index (χ1v) is 8.29. The molecule has 1 aliphatic carbocycles. The summed E-state index contributed by atoms with van der Waals surface area (Å²) in [4.78, 5) is 11.6. The van der Waals surface area contributed by atoms with E-state index in [1.807, 2.05) is 0 Å². The van der Waals surface area contributed by atoms with Crippen LogP contribution in [0.4, 0.5) is 0 Å². The van der Waals surface area contributed by atoms with Crippen molar-refractivity contribution in [1.29, 1.82) is 0 Å². The van der Waals surface area contributed by atoms with Crippen LogP contribution in [0.25, 0.3) is 0 Å². The maximum absolute atomic E-state index is 11.6. The molecule has 18 heavy (non-hydrogen) atoms. The Morgan fingerprint density at radius 1 is 0.944 bits per heavy atom. The van der Waals surface area contributed by atoms with Crippen molar-refractivity contribution in [2.24, 2.45) is 5.41 Å². The molecule has 106 valence electrons. The maximum Gasteiger partial charge on any atom is 0.227 e. The number of rotatable bonds is 10. The van der Waals surface area contributed by atoms with Crippen molar-refractivity contribution in [1.82, 2.24) is 0 Å². The molecular formula is C16H29ClO. The van der Waals surface area contributed by atoms with Crippen molar-refractivity contribution in [3.8, 4) is 0 Å². The van der Waals surface area contributed by atoms with Crippen LogP contribution < -0.4 is 0 Å². The fourth-order valence-corrected chi connectivity index (χ4v) is 3.48. The van der Waals surface area contributed by atoms with Gasteiger partial charge in [-0.1, -0.05) is 71.1 Å². The molecule has 0 saturated heterocycles. The molecule has 0 aliphatic heterocycles. The second kappa shape index (κ2) is 8.96. The van der Waals surface area contributed by atoms with Crippen LogP contribution in [0.5, 0.6) is 0 Å². The Hall–Kier alpha value is -0.0400. The van der Waals surface area contributed by atoms with E-state index in [0.29, 0.717) is 0 Å². The number of hydrogen-bond donors (Lipinski definition) is 0. The van der Waals surface area contributed by atoms with Crippen molar-refractivity contribution in [2.45, 2.75) is 90.4 Å². The summed E-state index contributed by atoms with van der Waals surface area (Å²) in [7, 11) is 0. The monoisotopic (exact) mass is 272 g/mol. The van der Waals surface area contributed by atoms with Crippen molar-refractivity contribution in [3.63, 3.8) is 0 Å². The van der Waals surface area contributed by atoms with Gasteiger partial charge in [-0.15, -0.1) is 0 Å². The lowest BCUT2D eigenvalue weighted by molar-refractivity contribution is -0.120. The van der Waals surface area contributed by atoms with Gasteiger partial charge in [0.05, 0.1) is 0 Å². The molecule has 0 atom stereocenters. The van der Waals surface area contributed by atoms with Gasteiger partial charge in [-0.3, -0.25) is 4.79 Å². The van der Waals surface area contributed by atoms with E-state index < -0.39 is 0 Å². The first kappa shape index (κ1) is 16.0. The van der Waals surface area contributed by atoms with Gasteiger partial charge in [0.1, 0.15) is 0 Å². The van der Waals surface area contributed by atoms with Gasteiger partial charge in [0.2, 0.25) is 5.24 Å². The van der Waals surface area contributed by atoms with Crippen molar-refractivity contribution >= 4 is 16.8 Å². The fourth-order valence-electron chi connectivity index (χ4n) is 3.19. The summed E-state index contributed by atoms with van der Waals surface area (Å²) in [6.07, 6.45) is 16.1. The molecule has 0 N–H and O–H groups in total. The molecule has 2 heteroatoms. The van der Waals surface area contributed by atoms with Crippen LogP contribution in [0.15, 0.2) is 0 Å². The standard InChI is InChI=1S/C16H29ClO/c1-2-3-4-5-6-7-8-9-12-16(15(17)18)13-10-11-14-16/h2-14H2,1H3. The Bertz CT molecular complexity index is 231. The Balaban J connectivity index is 2.04. The summed E-state index contributed by atoms with van der Waals surface area (Å²) in [5.74, 6) is 0. The molecule has 0 radical (unpaired) electrons. The molecule has 0 heterocycles. The van der Waals surface area contributed by atoms with Gasteiger partial charge in [0.15, 0.2) is 0 Å². The molecule has 0 aromatic rings. The zero-order valence-electron chi connectivity index (χ0n) is 12.0. The van der Waals surface area contributed by atoms with E-state index >= 15 is 0 Å². The average molecular weight is 273 g/mol. The Morgan fingerprint density at radius 2 is 1.44 bits per heavy atom. The highest BCUT2D eigenvalue weighted by atomic mass is 35.5. The minimum atomic E-state index is -0.135.